The van der Waals surface area contributed by atoms with E-state index in [2.05, 4.69) is 44.8 Å². The molecule has 0 fully saturated rings. The van der Waals surface area contributed by atoms with E-state index in [4.69, 9.17) is 52.1 Å². The van der Waals surface area contributed by atoms with E-state index in [0.29, 0.717) is 15.1 Å². The first-order chi connectivity index (χ1) is 23.7. The van der Waals surface area contributed by atoms with Gasteiger partial charge in [0.1, 0.15) is 25.3 Å². The number of benzene rings is 3. The molecule has 0 atom stereocenters. The standard InChI is InChI=1S/C16H36ClP.C6H4Cl2.C6H4ClF.C6H4F2.CH2BF.CH3B.B.2FH.K/c1-5-9-13-18(17,14-10-6-2,15-11-7-3)16-12-8-4;3*7-5-2-1-3-6(8)4-5;2-1-3;1-2;;;;/h5-16H2,1-4H3;3*1-4H;1H2;1H3;;2*1H;/q;;;;;;;;;+1/p-1/i;;;;;1D;;;;/hD. The normalized spacial score (nSPS) is 10.3. The van der Waals surface area contributed by atoms with Crippen LogP contribution in [0.4, 0.5) is 22.3 Å². The molecule has 3 aromatic carbocycles. The number of alkyl halides is 1. The number of hydrogen-bond acceptors (Lipinski definition) is 0. The quantitative estimate of drug-likeness (QED) is 0.0977. The van der Waals surface area contributed by atoms with Crippen molar-refractivity contribution in [3.8, 4) is 0 Å². The fourth-order valence-corrected chi connectivity index (χ4v) is 12.1. The van der Waals surface area contributed by atoms with E-state index in [1.54, 1.807) is 30.3 Å². The van der Waals surface area contributed by atoms with Crippen LogP contribution >= 0.6 is 52.0 Å². The fourth-order valence-electron chi connectivity index (χ4n) is 4.26. The van der Waals surface area contributed by atoms with E-state index in [-0.39, 0.29) is 77.1 Å². The van der Waals surface area contributed by atoms with Crippen molar-refractivity contribution in [2.24, 2.45) is 0 Å². The van der Waals surface area contributed by atoms with E-state index in [1.807, 2.05) is 6.07 Å². The minimum absolute atomic E-state index is 0. The van der Waals surface area contributed by atoms with Crippen LogP contribution < -0.4 is 56.1 Å². The first-order valence-corrected chi connectivity index (χ1v) is 21.0. The SMILES string of the molecule is CCCCP(Cl)(CCCC)(CCCC)CCCC.Clc1cccc(Cl)c1.Fc1cccc(Cl)c1.Fc1cccc(F)c1.[2H]C[B].[2H]F.[B].[B]CF.[F-].[K+]. The Labute approximate surface area is 375 Å². The zero-order chi connectivity index (χ0) is 39.3. The van der Waals surface area contributed by atoms with Crippen LogP contribution in [0.5, 0.6) is 0 Å². The molecule has 0 aromatic heterocycles. The third kappa shape index (κ3) is 40.1. The fraction of sp³-hybridized carbons (Fsp3) is 0.500. The van der Waals surface area contributed by atoms with Crippen LogP contribution in [0.2, 0.25) is 21.9 Å². The molecule has 0 spiro atoms. The summed E-state index contributed by atoms with van der Waals surface area (Å²) in [7, 11) is 8.69. The second-order valence-corrected chi connectivity index (χ2v) is 20.2. The smallest absolute Gasteiger partial charge is 1.00 e. The summed E-state index contributed by atoms with van der Waals surface area (Å²) < 4.78 is 65.0. The Morgan fingerprint density at radius 3 is 1.04 bits per heavy atom. The average molecular weight is 847 g/mol. The number of halogens is 10. The molecule has 0 aliphatic heterocycles. The van der Waals surface area contributed by atoms with E-state index in [0.717, 1.165) is 6.07 Å². The second-order valence-electron chi connectivity index (χ2n) is 10.6. The van der Waals surface area contributed by atoms with Gasteiger partial charge in [-0.2, -0.15) is 0 Å². The summed E-state index contributed by atoms with van der Waals surface area (Å²) in [5.74, 6) is -3.26. The molecule has 15 heteroatoms. The predicted octanol–water partition coefficient (Wildman–Crippen LogP) is 8.40. The van der Waals surface area contributed by atoms with Gasteiger partial charge in [-0.05, 0) is 48.5 Å². The predicted molar refractivity (Wildman–Crippen MR) is 218 cm³/mol. The summed E-state index contributed by atoms with van der Waals surface area (Å²) in [6, 6.07) is 17.4. The Kier molecular flexibility index (Phi) is 51.8. The molecule has 0 saturated carbocycles. The van der Waals surface area contributed by atoms with Gasteiger partial charge in [-0.1, -0.05) is 59.8 Å². The molecule has 0 unspecified atom stereocenters. The molecule has 51 heavy (non-hydrogen) atoms. The maximum atomic E-state index is 12.1. The number of hydrogen-bond donors (Lipinski definition) is 0. The number of rotatable bonds is 12. The molecule has 0 aliphatic carbocycles. The molecule has 283 valence electrons. The summed E-state index contributed by atoms with van der Waals surface area (Å²) in [4.78, 5) is 0. The molecule has 3 aromatic rings. The van der Waals surface area contributed by atoms with Gasteiger partial charge in [0.15, 0.2) is 0 Å². The van der Waals surface area contributed by atoms with Gasteiger partial charge >= 0.3 is 172 Å². The van der Waals surface area contributed by atoms with E-state index in [1.165, 1.54) is 106 Å². The summed E-state index contributed by atoms with van der Waals surface area (Å²) in [5, 5.41) is 1.79. The maximum Gasteiger partial charge on any atom is 1.00 e. The first kappa shape index (κ1) is 60.9. The molecule has 7 radical (unpaired) electrons. The van der Waals surface area contributed by atoms with Gasteiger partial charge in [0, 0.05) is 37.5 Å². The molecule has 0 N–H and O–H groups in total. The molecule has 0 nitrogen and oxygen atoms in total. The molecule has 0 heterocycles. The number of unbranched alkanes of at least 4 members (excludes halogenated alkanes) is 4. The largest absolute Gasteiger partial charge is 1.00 e. The third-order valence-electron chi connectivity index (χ3n) is 6.64. The van der Waals surface area contributed by atoms with E-state index in [9.17, 15) is 17.6 Å². The average Bonchev–Trinajstić information content (AvgIpc) is 3.07. The Morgan fingerprint density at radius 1 is 0.647 bits per heavy atom. The van der Waals surface area contributed by atoms with Crippen LogP contribution in [0.15, 0.2) is 72.8 Å². The monoisotopic (exact) mass is 845 g/mol. The third-order valence-corrected chi connectivity index (χ3v) is 15.1. The Morgan fingerprint density at radius 2 is 0.882 bits per heavy atom. The van der Waals surface area contributed by atoms with Crippen molar-refractivity contribution < 1.29 is 79.7 Å². The zero-order valence-electron chi connectivity index (χ0n) is 32.8. The molecule has 0 amide bonds. The Bertz CT molecular complexity index is 991. The second kappa shape index (κ2) is 43.4. The van der Waals surface area contributed by atoms with Gasteiger partial charge < -0.3 is 4.70 Å². The van der Waals surface area contributed by atoms with Crippen LogP contribution in [0.3, 0.4) is 0 Å². The van der Waals surface area contributed by atoms with Crippen LogP contribution in [0.1, 0.15) is 80.4 Å². The molecule has 0 bridgehead atoms. The van der Waals surface area contributed by atoms with Crippen LogP contribution in [0, 0.1) is 17.5 Å². The van der Waals surface area contributed by atoms with Gasteiger partial charge in [-0.25, -0.2) is 13.2 Å². The molecule has 3 rings (SSSR count). The molecule has 0 aliphatic rings. The Hall–Kier alpha value is 0.661. The van der Waals surface area contributed by atoms with Crippen molar-refractivity contribution in [1.29, 1.82) is 1.45 Å². The summed E-state index contributed by atoms with van der Waals surface area (Å²) in [6.45, 7) is 8.46. The van der Waals surface area contributed by atoms with Gasteiger partial charge in [0.25, 0.3) is 1.45 Å². The van der Waals surface area contributed by atoms with Crippen molar-refractivity contribution in [3.05, 3.63) is 105 Å². The van der Waals surface area contributed by atoms with Crippen molar-refractivity contribution in [3.63, 3.8) is 0 Å². The Balaban J connectivity index is -0.000000103. The van der Waals surface area contributed by atoms with Gasteiger partial charge in [-0.15, -0.1) is 0 Å². The molecule has 0 saturated heterocycles. The summed E-state index contributed by atoms with van der Waals surface area (Å²) >= 11 is 24.0. The van der Waals surface area contributed by atoms with Crippen molar-refractivity contribution in [1.82, 2.24) is 0 Å². The first-order valence-electron chi connectivity index (χ1n) is 17.0. The zero-order valence-corrected chi connectivity index (χ0v) is 37.8. The maximum absolute atomic E-state index is 12.1. The molecular weight excluding hydrogens is 791 g/mol. The van der Waals surface area contributed by atoms with Crippen molar-refractivity contribution in [2.45, 2.75) is 85.9 Å². The molecular formula is C36H54B3Cl4F6KP. The summed E-state index contributed by atoms with van der Waals surface area (Å²) in [5.41, 5.74) is 0. The van der Waals surface area contributed by atoms with Crippen LogP contribution in [-0.4, -0.2) is 56.8 Å². The van der Waals surface area contributed by atoms with Crippen LogP contribution in [0.25, 0.3) is 0 Å². The topological polar surface area (TPSA) is 0 Å². The minimum atomic E-state index is -1.89. The van der Waals surface area contributed by atoms with Crippen molar-refractivity contribution >= 4 is 76.1 Å². The van der Waals surface area contributed by atoms with Gasteiger partial charge in [-0.3, -0.25) is 9.11 Å². The van der Waals surface area contributed by atoms with E-state index < -0.39 is 24.2 Å². The summed E-state index contributed by atoms with van der Waals surface area (Å²) in [6.07, 6.45) is 16.0. The van der Waals surface area contributed by atoms with Gasteiger partial charge in [0.2, 0.25) is 0 Å². The van der Waals surface area contributed by atoms with Crippen molar-refractivity contribution in [2.75, 3.05) is 31.2 Å². The van der Waals surface area contributed by atoms with E-state index >= 15 is 0 Å². The van der Waals surface area contributed by atoms with Crippen LogP contribution in [-0.2, 0) is 0 Å². The van der Waals surface area contributed by atoms with Gasteiger partial charge in [0.05, 0.1) is 7.85 Å². The minimum Gasteiger partial charge on any atom is -1.00 e.